The van der Waals surface area contributed by atoms with E-state index in [1.807, 2.05) is 11.3 Å². The second-order valence-electron chi connectivity index (χ2n) is 21.4. The monoisotopic (exact) mass is 755 g/mol. The summed E-state index contributed by atoms with van der Waals surface area (Å²) in [7, 11) is 0. The van der Waals surface area contributed by atoms with Gasteiger partial charge in [0, 0.05) is 43.3 Å². The van der Waals surface area contributed by atoms with Crippen molar-refractivity contribution in [1.29, 1.82) is 0 Å². The van der Waals surface area contributed by atoms with Crippen molar-refractivity contribution in [3.8, 4) is 0 Å². The minimum absolute atomic E-state index is 0.000841. The van der Waals surface area contributed by atoms with Crippen LogP contribution in [0.1, 0.15) is 130 Å². The molecule has 3 nitrogen and oxygen atoms in total. The summed E-state index contributed by atoms with van der Waals surface area (Å²) in [6, 6.07) is 33.5. The lowest BCUT2D eigenvalue weighted by atomic mass is 9.36. The molecule has 0 bridgehead atoms. The van der Waals surface area contributed by atoms with E-state index >= 15 is 0 Å². The van der Waals surface area contributed by atoms with Crippen LogP contribution in [0.5, 0.6) is 0 Å². The Labute approximate surface area is 340 Å². The minimum atomic E-state index is -0.000841. The van der Waals surface area contributed by atoms with Crippen molar-refractivity contribution in [2.45, 2.75) is 130 Å². The van der Waals surface area contributed by atoms with Gasteiger partial charge in [0.05, 0.1) is 5.69 Å². The summed E-state index contributed by atoms with van der Waals surface area (Å²) < 4.78 is 2.75. The topological polar surface area (TPSA) is 19.4 Å². The molecule has 56 heavy (non-hydrogen) atoms. The van der Waals surface area contributed by atoms with Gasteiger partial charge in [-0.2, -0.15) is 0 Å². The Kier molecular flexibility index (Phi) is 7.88. The van der Waals surface area contributed by atoms with Crippen molar-refractivity contribution in [1.82, 2.24) is 4.98 Å². The summed E-state index contributed by atoms with van der Waals surface area (Å²) in [5.41, 5.74) is 17.1. The van der Waals surface area contributed by atoms with Crippen LogP contribution in [0.4, 0.5) is 34.3 Å². The van der Waals surface area contributed by atoms with E-state index in [1.165, 1.54) is 82.0 Å². The van der Waals surface area contributed by atoms with Crippen molar-refractivity contribution in [2.24, 2.45) is 0 Å². The first-order valence-corrected chi connectivity index (χ1v) is 21.4. The Morgan fingerprint density at radius 1 is 0.607 bits per heavy atom. The molecule has 0 spiro atoms. The average molecular weight is 756 g/mol. The molecule has 9 rings (SSSR count). The highest BCUT2D eigenvalue weighted by atomic mass is 32.1. The fraction of sp³-hybridized carbons (Fsp3) is 0.392. The van der Waals surface area contributed by atoms with Crippen molar-refractivity contribution in [3.05, 3.63) is 118 Å². The van der Waals surface area contributed by atoms with Crippen LogP contribution in [0.3, 0.4) is 0 Å². The molecule has 4 aromatic carbocycles. The van der Waals surface area contributed by atoms with Crippen LogP contribution in [0.2, 0.25) is 0 Å². The summed E-state index contributed by atoms with van der Waals surface area (Å²) in [6.07, 6.45) is 1.14. The largest absolute Gasteiger partial charge is 0.311 e. The van der Waals surface area contributed by atoms with Crippen molar-refractivity contribution >= 4 is 78.1 Å². The molecule has 0 N–H and O–H groups in total. The minimum Gasteiger partial charge on any atom is -0.311 e. The molecular formula is C51H58BN3S. The molecular weight excluding hydrogens is 697 g/mol. The molecule has 0 radical (unpaired) electrons. The van der Waals surface area contributed by atoms with E-state index < -0.39 is 0 Å². The molecule has 0 saturated heterocycles. The Morgan fingerprint density at radius 2 is 1.20 bits per heavy atom. The van der Waals surface area contributed by atoms with E-state index in [2.05, 4.69) is 192 Å². The predicted molar refractivity (Wildman–Crippen MR) is 245 cm³/mol. The maximum absolute atomic E-state index is 5.59. The second-order valence-corrected chi connectivity index (χ2v) is 22.5. The number of rotatable bonds is 2. The van der Waals surface area contributed by atoms with Crippen LogP contribution in [0.25, 0.3) is 10.1 Å². The molecule has 0 fully saturated rings. The summed E-state index contributed by atoms with van der Waals surface area (Å²) in [4.78, 5) is 10.7. The number of aromatic nitrogens is 1. The molecule has 3 aliphatic rings. The number of hydrogen-bond acceptors (Lipinski definition) is 4. The molecule has 1 aliphatic carbocycles. The third-order valence-corrected chi connectivity index (χ3v) is 14.2. The lowest BCUT2D eigenvalue weighted by Crippen LogP contribution is -2.61. The number of anilines is 6. The molecule has 0 unspecified atom stereocenters. The lowest BCUT2D eigenvalue weighted by molar-refractivity contribution is 0.403. The van der Waals surface area contributed by atoms with Crippen molar-refractivity contribution in [3.63, 3.8) is 0 Å². The van der Waals surface area contributed by atoms with Gasteiger partial charge in [-0.05, 0) is 122 Å². The summed E-state index contributed by atoms with van der Waals surface area (Å²) in [5, 5.41) is 1.31. The second kappa shape index (κ2) is 11.9. The van der Waals surface area contributed by atoms with Crippen LogP contribution in [0, 0.1) is 6.92 Å². The van der Waals surface area contributed by atoms with Gasteiger partial charge in [0.15, 0.2) is 0 Å². The highest BCUT2D eigenvalue weighted by Crippen LogP contribution is 2.53. The summed E-state index contributed by atoms with van der Waals surface area (Å²) in [6.45, 7) is 32.8. The molecule has 2 aliphatic heterocycles. The summed E-state index contributed by atoms with van der Waals surface area (Å²) >= 11 is 1.99. The van der Waals surface area contributed by atoms with Gasteiger partial charge >= 0.3 is 0 Å². The number of aryl methyl sites for hydroxylation is 1. The van der Waals surface area contributed by atoms with E-state index in [-0.39, 0.29) is 33.8 Å². The molecule has 5 heteroatoms. The number of thiophene rings is 1. The highest BCUT2D eigenvalue weighted by Gasteiger charge is 2.48. The number of nitrogens with zero attached hydrogens (tertiary/aromatic N) is 3. The maximum atomic E-state index is 5.59. The Morgan fingerprint density at radius 3 is 1.86 bits per heavy atom. The molecule has 0 saturated carbocycles. The van der Waals surface area contributed by atoms with Crippen molar-refractivity contribution < 1.29 is 0 Å². The van der Waals surface area contributed by atoms with Crippen molar-refractivity contribution in [2.75, 3.05) is 9.80 Å². The normalized spacial score (nSPS) is 16.9. The van der Waals surface area contributed by atoms with Gasteiger partial charge in [-0.15, -0.1) is 11.3 Å². The van der Waals surface area contributed by atoms with E-state index in [9.17, 15) is 0 Å². The van der Waals surface area contributed by atoms with Crippen LogP contribution < -0.4 is 25.5 Å². The third kappa shape index (κ3) is 5.62. The molecule has 2 aromatic heterocycles. The Bertz CT molecular complexity index is 2590. The average Bonchev–Trinajstić information content (AvgIpc) is 3.56. The van der Waals surface area contributed by atoms with Crippen LogP contribution in [0.15, 0.2) is 84.9 Å². The van der Waals surface area contributed by atoms with E-state index in [1.54, 1.807) is 0 Å². The zero-order valence-corrected chi connectivity index (χ0v) is 36.9. The zero-order valence-electron chi connectivity index (χ0n) is 36.1. The summed E-state index contributed by atoms with van der Waals surface area (Å²) in [5.74, 6) is 1.05. The van der Waals surface area contributed by atoms with Gasteiger partial charge in [-0.3, -0.25) is 4.90 Å². The Hall–Kier alpha value is -4.35. The smallest absolute Gasteiger partial charge is 0.266 e. The highest BCUT2D eigenvalue weighted by molar-refractivity contribution is 7.33. The molecule has 4 heterocycles. The SMILES string of the molecule is Cc1cc2c3c(n1)N(c1ccc4c(c1)C(C)(C)CC4(C)C)c1c(sc4cc(C(C)(C)C)ccc14)B3c1cc(C(C)(C)C)ccc1N2c1ccc(C(C)(C)C)cc1. The molecule has 6 aromatic rings. The molecule has 286 valence electrons. The van der Waals surface area contributed by atoms with E-state index in [0.717, 1.165) is 17.9 Å². The number of fused-ring (bicyclic) bond motifs is 7. The van der Waals surface area contributed by atoms with Gasteiger partial charge < -0.3 is 4.90 Å². The fourth-order valence-electron chi connectivity index (χ4n) is 10.2. The van der Waals surface area contributed by atoms with Crippen LogP contribution in [-0.2, 0) is 27.1 Å². The first-order chi connectivity index (χ1) is 26.0. The standard InChI is InChI=1S/C51H58BN3S/c1-30-25-41-43-46(53-30)55(35-21-23-37-38(28-35)51(13,14)29-50(37,11)12)44-36-22-17-33(49(8,9)10)27-42(36)56-45(44)52(43)39-26-32(48(5,6)7)18-24-40(39)54(41)34-19-15-31(16-20-34)47(2,3)4/h15-28H,29H2,1-14H3. The van der Waals surface area contributed by atoms with E-state index in [0.29, 0.717) is 0 Å². The number of pyridine rings is 1. The fourth-order valence-corrected chi connectivity index (χ4v) is 11.5. The number of hydrogen-bond donors (Lipinski definition) is 0. The predicted octanol–water partition coefficient (Wildman–Crippen LogP) is 12.5. The zero-order chi connectivity index (χ0) is 40.1. The van der Waals surface area contributed by atoms with Gasteiger partial charge in [0.1, 0.15) is 5.82 Å². The Balaban J connectivity index is 1.39. The van der Waals surface area contributed by atoms with Crippen LogP contribution in [-0.4, -0.2) is 11.7 Å². The third-order valence-electron chi connectivity index (χ3n) is 13.0. The molecule has 0 amide bonds. The quantitative estimate of drug-likeness (QED) is 0.164. The van der Waals surface area contributed by atoms with Gasteiger partial charge in [0.25, 0.3) is 6.71 Å². The number of benzene rings is 4. The first kappa shape index (κ1) is 37.2. The van der Waals surface area contributed by atoms with Gasteiger partial charge in [-0.1, -0.05) is 132 Å². The van der Waals surface area contributed by atoms with E-state index in [4.69, 9.17) is 4.98 Å². The first-order valence-electron chi connectivity index (χ1n) is 20.6. The van der Waals surface area contributed by atoms with Gasteiger partial charge in [-0.25, -0.2) is 4.98 Å². The van der Waals surface area contributed by atoms with Gasteiger partial charge in [0.2, 0.25) is 0 Å². The maximum Gasteiger partial charge on any atom is 0.266 e. The lowest BCUT2D eigenvalue weighted by Gasteiger charge is -2.43. The van der Waals surface area contributed by atoms with Crippen LogP contribution >= 0.6 is 11.3 Å². The molecule has 0 atom stereocenters.